The number of hydrogen-bond donors (Lipinski definition) is 1. The highest BCUT2D eigenvalue weighted by Crippen LogP contribution is 2.44. The predicted molar refractivity (Wildman–Crippen MR) is 278 cm³/mol. The van der Waals surface area contributed by atoms with Crippen LogP contribution in [0.25, 0.3) is 32.7 Å². The Labute approximate surface area is 463 Å². The van der Waals surface area contributed by atoms with Crippen molar-refractivity contribution in [2.45, 2.75) is 103 Å². The zero-order chi connectivity index (χ0) is 58.3. The molecule has 8 rings (SSSR count). The molecule has 1 N–H and O–H groups in total. The Hall–Kier alpha value is -7.88. The number of rotatable bonds is 24. The van der Waals surface area contributed by atoms with E-state index in [2.05, 4.69) is 10.0 Å². The van der Waals surface area contributed by atoms with E-state index in [4.69, 9.17) is 61.5 Å². The van der Waals surface area contributed by atoms with Gasteiger partial charge in [-0.1, -0.05) is 12.0 Å². The van der Waals surface area contributed by atoms with E-state index in [1.807, 2.05) is 0 Å². The summed E-state index contributed by atoms with van der Waals surface area (Å²) in [6.45, 7) is 6.06. The molecule has 6 atom stereocenters. The van der Waals surface area contributed by atoms with Crippen molar-refractivity contribution in [3.05, 3.63) is 90.6 Å². The number of aliphatic hydroxyl groups is 1. The van der Waals surface area contributed by atoms with Crippen LogP contribution in [0.15, 0.2) is 46.3 Å². The number of pyridine rings is 2. The zero-order valence-electron chi connectivity index (χ0n) is 45.2. The summed E-state index contributed by atoms with van der Waals surface area (Å²) in [5, 5.41) is 15.6. The number of benzene rings is 2. The minimum absolute atomic E-state index is 0.0582. The maximum atomic E-state index is 14.3. The molecule has 0 unspecified atom stereocenters. The third-order valence-electron chi connectivity index (χ3n) is 14.1. The van der Waals surface area contributed by atoms with E-state index in [0.717, 1.165) is 50.5 Å². The molecule has 1 fully saturated rings. The number of carbonyl (C=O) groups excluding carboxylic acids is 6. The average molecular weight is 1150 g/mol. The summed E-state index contributed by atoms with van der Waals surface area (Å²) in [6.07, 6.45) is -5.11. The van der Waals surface area contributed by atoms with Crippen molar-refractivity contribution in [3.63, 3.8) is 0 Å². The number of carbonyl (C=O) groups is 6. The molecule has 1 amide bonds. The molecule has 2 aromatic heterocycles. The second-order valence-corrected chi connectivity index (χ2v) is 20.5. The monoisotopic (exact) mass is 1150 g/mol. The molecule has 28 heteroatoms. The fraction of sp³-hybridized carbons (Fsp3) is 0.509. The molecule has 4 aromatic rings. The van der Waals surface area contributed by atoms with Gasteiger partial charge in [-0.3, -0.25) is 28.8 Å². The van der Waals surface area contributed by atoms with E-state index in [9.17, 15) is 47.1 Å². The number of hydrogen-bond acceptors (Lipinski definition) is 23. The van der Waals surface area contributed by atoms with Crippen LogP contribution in [-0.4, -0.2) is 155 Å². The quantitative estimate of drug-likeness (QED) is 0.0231. The van der Waals surface area contributed by atoms with Crippen molar-refractivity contribution >= 4 is 57.1 Å². The van der Waals surface area contributed by atoms with Gasteiger partial charge in [0.1, 0.15) is 24.4 Å². The normalized spacial score (nSPS) is 20.5. The number of methoxy groups -OCH3 is 1. The molecule has 0 radical (unpaired) electrons. The summed E-state index contributed by atoms with van der Waals surface area (Å²) in [5.74, 6) is -7.83. The number of aromatic nitrogens is 2. The van der Waals surface area contributed by atoms with E-state index >= 15 is 0 Å². The largest absolute Gasteiger partial charge is 0.501 e. The molecule has 81 heavy (non-hydrogen) atoms. The number of likely N-dealkylation sites (N-methyl/N-ethyl adjacent to an activating group) is 1. The van der Waals surface area contributed by atoms with Gasteiger partial charge in [0.05, 0.1) is 75.8 Å². The van der Waals surface area contributed by atoms with E-state index in [1.165, 1.54) is 40.8 Å². The van der Waals surface area contributed by atoms with Crippen molar-refractivity contribution in [1.29, 1.82) is 0 Å². The van der Waals surface area contributed by atoms with E-state index in [0.29, 0.717) is 41.7 Å². The maximum Gasteiger partial charge on any atom is 0.501 e. The summed E-state index contributed by atoms with van der Waals surface area (Å²) in [6, 6.07) is 8.02. The molecule has 2 aliphatic carbocycles. The lowest BCUT2D eigenvalue weighted by atomic mass is 9.80. The maximum absolute atomic E-state index is 14.3. The van der Waals surface area contributed by atoms with E-state index in [1.54, 1.807) is 13.0 Å². The smallest absolute Gasteiger partial charge is 0.482 e. The third-order valence-corrected chi connectivity index (χ3v) is 14.8. The molecule has 434 valence electrons. The first-order valence-electron chi connectivity index (χ1n) is 25.9. The molecule has 1 saturated carbocycles. The van der Waals surface area contributed by atoms with Crippen molar-refractivity contribution < 1.29 is 93.3 Å². The first kappa shape index (κ1) is 59.2. The van der Waals surface area contributed by atoms with Crippen LogP contribution in [0, 0.1) is 5.92 Å². The molecular formula is C53H60N6O21S. The topological polar surface area (TPSA) is 345 Å². The lowest BCUT2D eigenvalue weighted by Gasteiger charge is -2.43. The minimum atomic E-state index is -5.23. The van der Waals surface area contributed by atoms with Gasteiger partial charge < -0.3 is 65.6 Å². The molecule has 2 aromatic carbocycles. The highest BCUT2D eigenvalue weighted by atomic mass is 32.3. The van der Waals surface area contributed by atoms with Gasteiger partial charge in [-0.25, -0.2) is 9.78 Å². The second-order valence-electron chi connectivity index (χ2n) is 19.3. The standard InChI is InChI=1S/C53H60N6O21S/c1-7-53(67)38-25-40-45-36(26-59(40)50(64)37(38)27-74-52(53)66)34-10-8-9-31-21-33(23-39(56-45)44(31)34)79-81(68,69)80-42-22-32(49(63)58(5)14-16-72-18-20-73-19-17-71-15-13-55-57-54)11-12-41(42)78-43-24-35(51(65)70-6)46(75-28(2)60)48(77-30(4)62)47(43)76-29(3)61/h11-12,21-23,25,35,43,46-48,67H,7-10,13-20,24,26-27H2,1-6H3/t35-,43+,46+,47-,48-,53-/m0/s1. The van der Waals surface area contributed by atoms with Gasteiger partial charge in [0, 0.05) is 80.4 Å². The number of fused-ring (bicyclic) bond motifs is 5. The molecule has 0 bridgehead atoms. The molecule has 27 nitrogen and oxygen atoms in total. The number of cyclic esters (lactones) is 1. The van der Waals surface area contributed by atoms with Crippen molar-refractivity contribution in [2.75, 3.05) is 66.9 Å². The van der Waals surface area contributed by atoms with Gasteiger partial charge >= 0.3 is 40.2 Å². The number of ether oxygens (including phenoxy) is 9. The van der Waals surface area contributed by atoms with E-state index < -0.39 is 106 Å². The van der Waals surface area contributed by atoms with Crippen LogP contribution >= 0.6 is 0 Å². The summed E-state index contributed by atoms with van der Waals surface area (Å²) in [7, 11) is -2.69. The van der Waals surface area contributed by atoms with Crippen LogP contribution in [0.5, 0.6) is 17.2 Å². The van der Waals surface area contributed by atoms with Gasteiger partial charge in [-0.15, -0.1) is 8.42 Å². The van der Waals surface area contributed by atoms with Crippen LogP contribution in [0.3, 0.4) is 0 Å². The number of esters is 5. The molecule has 0 saturated heterocycles. The Bertz CT molecular complexity index is 3360. The van der Waals surface area contributed by atoms with Crippen LogP contribution in [-0.2, 0) is 104 Å². The summed E-state index contributed by atoms with van der Waals surface area (Å²) in [4.78, 5) is 101. The van der Waals surface area contributed by atoms with Crippen LogP contribution in [0.2, 0.25) is 0 Å². The highest BCUT2D eigenvalue weighted by Gasteiger charge is 2.55. The fourth-order valence-corrected chi connectivity index (χ4v) is 11.1. The summed E-state index contributed by atoms with van der Waals surface area (Å²) < 4.78 is 91.1. The number of nitrogens with zero attached hydrogens (tertiary/aromatic N) is 6. The Morgan fingerprint density at radius 2 is 1.54 bits per heavy atom. The van der Waals surface area contributed by atoms with Crippen LogP contribution < -0.4 is 18.7 Å². The molecule has 4 heterocycles. The van der Waals surface area contributed by atoms with E-state index in [-0.39, 0.29) is 94.7 Å². The second kappa shape index (κ2) is 25.3. The number of azide groups is 1. The Morgan fingerprint density at radius 1 is 0.864 bits per heavy atom. The van der Waals surface area contributed by atoms with Crippen LogP contribution in [0.4, 0.5) is 0 Å². The zero-order valence-corrected chi connectivity index (χ0v) is 46.0. The molecular weight excluding hydrogens is 1090 g/mol. The Balaban J connectivity index is 1.10. The molecule has 4 aliphatic rings. The van der Waals surface area contributed by atoms with Crippen molar-refractivity contribution in [1.82, 2.24) is 14.5 Å². The number of aryl methyl sites for hydroxylation is 2. The minimum Gasteiger partial charge on any atom is -0.482 e. The fourth-order valence-electron chi connectivity index (χ4n) is 10.4. The highest BCUT2D eigenvalue weighted by molar-refractivity contribution is 7.82. The first-order chi connectivity index (χ1) is 38.7. The lowest BCUT2D eigenvalue weighted by molar-refractivity contribution is -0.213. The Morgan fingerprint density at radius 3 is 2.22 bits per heavy atom. The average Bonchev–Trinajstić information content (AvgIpc) is 3.78. The van der Waals surface area contributed by atoms with Gasteiger partial charge in [0.25, 0.3) is 11.5 Å². The third kappa shape index (κ3) is 13.0. The van der Waals surface area contributed by atoms with Crippen molar-refractivity contribution in [3.8, 4) is 28.6 Å². The predicted octanol–water partition coefficient (Wildman–Crippen LogP) is 3.44. The Kier molecular flexibility index (Phi) is 18.5. The van der Waals surface area contributed by atoms with Gasteiger partial charge in [0.15, 0.2) is 35.4 Å². The summed E-state index contributed by atoms with van der Waals surface area (Å²) >= 11 is 0. The van der Waals surface area contributed by atoms with Gasteiger partial charge in [0.2, 0.25) is 0 Å². The lowest BCUT2D eigenvalue weighted by Crippen LogP contribution is -2.61. The number of amides is 1. The summed E-state index contributed by atoms with van der Waals surface area (Å²) in [5.41, 5.74) is 9.37. The molecule has 2 aliphatic heterocycles. The van der Waals surface area contributed by atoms with Crippen LogP contribution in [0.1, 0.15) is 85.1 Å². The van der Waals surface area contributed by atoms with Gasteiger partial charge in [-0.2, -0.15) is 0 Å². The van der Waals surface area contributed by atoms with Gasteiger partial charge in [-0.05, 0) is 72.7 Å². The van der Waals surface area contributed by atoms with Crippen molar-refractivity contribution in [2.24, 2.45) is 11.0 Å². The first-order valence-corrected chi connectivity index (χ1v) is 27.2. The SMILES string of the molecule is CC[C@@]1(O)C(=O)OCc2c1cc1n(c2=O)Cc2c-1nc1cc(OS(=O)(=O)Oc3cc(C(=O)N(C)CCOCCOCCOCCN=[N+]=[N-])ccc3O[C@@H]3C[C@H](C(=O)OC)[C@@H](OC(C)=O)[C@H](OC(C)=O)[C@H]3OC(C)=O)cc3c1c2CCC3. The molecule has 0 spiro atoms.